The zero-order valence-corrected chi connectivity index (χ0v) is 12.3. The van der Waals surface area contributed by atoms with Crippen LogP contribution < -0.4 is 10.2 Å². The summed E-state index contributed by atoms with van der Waals surface area (Å²) >= 11 is 0. The van der Waals surface area contributed by atoms with Gasteiger partial charge in [-0.3, -0.25) is 4.79 Å². The van der Waals surface area contributed by atoms with Gasteiger partial charge in [-0.05, 0) is 31.0 Å². The van der Waals surface area contributed by atoms with Gasteiger partial charge in [-0.2, -0.15) is 5.26 Å². The molecule has 118 valence electrons. The van der Waals surface area contributed by atoms with E-state index in [-0.39, 0.29) is 17.6 Å². The molecule has 1 atom stereocenters. The van der Waals surface area contributed by atoms with E-state index in [9.17, 15) is 9.18 Å². The number of halogens is 1. The van der Waals surface area contributed by atoms with Crippen LogP contribution >= 0.6 is 0 Å². The molecule has 1 aromatic carbocycles. The molecule has 0 saturated carbocycles. The molecule has 3 rings (SSSR count). The number of hydrogen-bond donors (Lipinski definition) is 1. The van der Waals surface area contributed by atoms with Crippen molar-refractivity contribution in [3.05, 3.63) is 47.6 Å². The Bertz CT molecular complexity index is 739. The monoisotopic (exact) mass is 314 g/mol. The second-order valence-corrected chi connectivity index (χ2v) is 5.42. The lowest BCUT2D eigenvalue weighted by atomic mass is 10.0. The van der Waals surface area contributed by atoms with Crippen molar-refractivity contribution >= 4 is 11.6 Å². The van der Waals surface area contributed by atoms with Crippen molar-refractivity contribution in [1.29, 1.82) is 5.26 Å². The fourth-order valence-corrected chi connectivity index (χ4v) is 2.74. The van der Waals surface area contributed by atoms with Gasteiger partial charge >= 0.3 is 0 Å². The summed E-state index contributed by atoms with van der Waals surface area (Å²) in [6.45, 7) is 1.21. The molecular weight excluding hydrogens is 299 g/mol. The average Bonchev–Trinajstić information content (AvgIpc) is 3.09. The molecule has 0 spiro atoms. The summed E-state index contributed by atoms with van der Waals surface area (Å²) in [5.41, 5.74) is 0.968. The first-order valence-electron chi connectivity index (χ1n) is 7.33. The number of benzene rings is 1. The minimum absolute atomic E-state index is 0.0945. The van der Waals surface area contributed by atoms with Gasteiger partial charge in [0.2, 0.25) is 0 Å². The minimum atomic E-state index is -0.424. The number of amides is 1. The van der Waals surface area contributed by atoms with E-state index in [1.54, 1.807) is 12.1 Å². The highest BCUT2D eigenvalue weighted by Crippen LogP contribution is 2.24. The fraction of sp³-hybridized carbons (Fsp3) is 0.312. The first kappa shape index (κ1) is 15.0. The summed E-state index contributed by atoms with van der Waals surface area (Å²) in [4.78, 5) is 13.9. The van der Waals surface area contributed by atoms with Gasteiger partial charge in [-0.1, -0.05) is 5.16 Å². The van der Waals surface area contributed by atoms with E-state index in [1.807, 2.05) is 11.0 Å². The lowest BCUT2D eigenvalue weighted by molar-refractivity contribution is 0.0924. The van der Waals surface area contributed by atoms with E-state index in [0.717, 1.165) is 12.8 Å². The molecule has 6 nitrogen and oxygen atoms in total. The van der Waals surface area contributed by atoms with Crippen molar-refractivity contribution in [2.75, 3.05) is 18.0 Å². The molecule has 1 unspecified atom stereocenters. The zero-order chi connectivity index (χ0) is 16.2. The molecule has 1 saturated heterocycles. The standard InChI is InChI=1S/C16H15FN4O2/c17-13-8-11(9-18)3-4-15(13)21-6-1-2-12(10-21)19-16(22)14-5-7-23-20-14/h3-5,7-8,12H,1-2,6,10H2,(H,19,22). The van der Waals surface area contributed by atoms with E-state index >= 15 is 0 Å². The number of nitrogens with zero attached hydrogens (tertiary/aromatic N) is 3. The maximum Gasteiger partial charge on any atom is 0.273 e. The Morgan fingerprint density at radius 3 is 3.04 bits per heavy atom. The Balaban J connectivity index is 1.69. The highest BCUT2D eigenvalue weighted by atomic mass is 19.1. The molecule has 1 aliphatic rings. The number of piperidine rings is 1. The van der Waals surface area contributed by atoms with E-state index in [4.69, 9.17) is 5.26 Å². The van der Waals surface area contributed by atoms with Gasteiger partial charge in [0.05, 0.1) is 17.3 Å². The largest absolute Gasteiger partial charge is 0.367 e. The van der Waals surface area contributed by atoms with Crippen LogP contribution in [0.2, 0.25) is 0 Å². The predicted molar refractivity (Wildman–Crippen MR) is 80.3 cm³/mol. The Kier molecular flexibility index (Phi) is 4.24. The molecule has 0 bridgehead atoms. The average molecular weight is 314 g/mol. The number of nitrogens with one attached hydrogen (secondary N) is 1. The van der Waals surface area contributed by atoms with Crippen LogP contribution in [-0.4, -0.2) is 30.2 Å². The van der Waals surface area contributed by atoms with Crippen LogP contribution in [0.4, 0.5) is 10.1 Å². The summed E-state index contributed by atoms with van der Waals surface area (Å²) in [5, 5.41) is 15.3. The topological polar surface area (TPSA) is 82.2 Å². The van der Waals surface area contributed by atoms with Crippen molar-refractivity contribution in [3.63, 3.8) is 0 Å². The smallest absolute Gasteiger partial charge is 0.273 e. The van der Waals surface area contributed by atoms with Gasteiger partial charge in [0.15, 0.2) is 5.69 Å². The molecule has 1 N–H and O–H groups in total. The molecule has 23 heavy (non-hydrogen) atoms. The zero-order valence-electron chi connectivity index (χ0n) is 12.3. The van der Waals surface area contributed by atoms with Crippen LogP contribution in [0.5, 0.6) is 0 Å². The van der Waals surface area contributed by atoms with Crippen LogP contribution in [-0.2, 0) is 0 Å². The molecule has 1 fully saturated rings. The molecule has 2 aromatic rings. The fourth-order valence-electron chi connectivity index (χ4n) is 2.74. The number of rotatable bonds is 3. The molecule has 0 radical (unpaired) electrons. The van der Waals surface area contributed by atoms with Gasteiger partial charge < -0.3 is 14.7 Å². The summed E-state index contributed by atoms with van der Waals surface area (Å²) in [6, 6.07) is 7.75. The van der Waals surface area contributed by atoms with E-state index in [0.29, 0.717) is 24.3 Å². The maximum absolute atomic E-state index is 14.1. The van der Waals surface area contributed by atoms with E-state index in [1.165, 1.54) is 18.4 Å². The normalized spacial score (nSPS) is 17.6. The van der Waals surface area contributed by atoms with E-state index in [2.05, 4.69) is 15.0 Å². The van der Waals surface area contributed by atoms with Crippen molar-refractivity contribution < 1.29 is 13.7 Å². The second kappa shape index (κ2) is 6.48. The number of carbonyl (C=O) groups excluding carboxylic acids is 1. The third-order valence-electron chi connectivity index (χ3n) is 3.84. The molecule has 1 aliphatic heterocycles. The number of anilines is 1. The third kappa shape index (κ3) is 3.31. The molecule has 1 amide bonds. The van der Waals surface area contributed by atoms with Crippen LogP contribution in [0.25, 0.3) is 0 Å². The van der Waals surface area contributed by atoms with Crippen molar-refractivity contribution in [3.8, 4) is 6.07 Å². The Morgan fingerprint density at radius 2 is 2.35 bits per heavy atom. The first-order valence-corrected chi connectivity index (χ1v) is 7.33. The van der Waals surface area contributed by atoms with Crippen LogP contribution in [0, 0.1) is 17.1 Å². The van der Waals surface area contributed by atoms with E-state index < -0.39 is 5.82 Å². The van der Waals surface area contributed by atoms with Gasteiger partial charge in [0, 0.05) is 25.2 Å². The van der Waals surface area contributed by atoms with Gasteiger partial charge in [-0.25, -0.2) is 4.39 Å². The number of nitriles is 1. The molecule has 1 aromatic heterocycles. The van der Waals surface area contributed by atoms with Gasteiger partial charge in [0.25, 0.3) is 5.91 Å². The maximum atomic E-state index is 14.1. The van der Waals surface area contributed by atoms with Crippen molar-refractivity contribution in [2.24, 2.45) is 0 Å². The lowest BCUT2D eigenvalue weighted by Gasteiger charge is -2.34. The highest BCUT2D eigenvalue weighted by molar-refractivity contribution is 5.92. The summed E-state index contributed by atoms with van der Waals surface area (Å²) < 4.78 is 18.8. The molecule has 2 heterocycles. The molecule has 0 aliphatic carbocycles. The lowest BCUT2D eigenvalue weighted by Crippen LogP contribution is -2.48. The van der Waals surface area contributed by atoms with Crippen molar-refractivity contribution in [1.82, 2.24) is 10.5 Å². The van der Waals surface area contributed by atoms with Gasteiger partial charge in [0.1, 0.15) is 12.1 Å². The highest BCUT2D eigenvalue weighted by Gasteiger charge is 2.24. The Morgan fingerprint density at radius 1 is 1.48 bits per heavy atom. The Labute approximate surface area is 132 Å². The summed E-state index contributed by atoms with van der Waals surface area (Å²) in [5.74, 6) is -0.724. The third-order valence-corrected chi connectivity index (χ3v) is 3.84. The number of hydrogen-bond acceptors (Lipinski definition) is 5. The SMILES string of the molecule is N#Cc1ccc(N2CCCC(NC(=O)c3ccon3)C2)c(F)c1. The second-order valence-electron chi connectivity index (χ2n) is 5.42. The Hall–Kier alpha value is -2.88. The van der Waals surface area contributed by atoms with Crippen LogP contribution in [0.1, 0.15) is 28.9 Å². The quantitative estimate of drug-likeness (QED) is 0.938. The van der Waals surface area contributed by atoms with Crippen LogP contribution in [0.3, 0.4) is 0 Å². The number of carbonyl (C=O) groups is 1. The summed E-state index contributed by atoms with van der Waals surface area (Å²) in [7, 11) is 0. The summed E-state index contributed by atoms with van der Waals surface area (Å²) in [6.07, 6.45) is 3.00. The van der Waals surface area contributed by atoms with Crippen molar-refractivity contribution in [2.45, 2.75) is 18.9 Å². The van der Waals surface area contributed by atoms with Crippen LogP contribution in [0.15, 0.2) is 35.1 Å². The van der Waals surface area contributed by atoms with Gasteiger partial charge in [-0.15, -0.1) is 0 Å². The minimum Gasteiger partial charge on any atom is -0.367 e. The predicted octanol–water partition coefficient (Wildman–Crippen LogP) is 2.08. The number of aromatic nitrogens is 1. The first-order chi connectivity index (χ1) is 11.2. The molecular formula is C16H15FN4O2. The molecule has 7 heteroatoms.